The highest BCUT2D eigenvalue weighted by Crippen LogP contribution is 2.34. The number of furan rings is 1. The molecule has 5 heteroatoms. The number of hydrogen-bond acceptors (Lipinski definition) is 3. The number of carboxylic acids is 1. The van der Waals surface area contributed by atoms with Gasteiger partial charge in [-0.2, -0.15) is 0 Å². The van der Waals surface area contributed by atoms with Gasteiger partial charge in [0.25, 0.3) is 5.91 Å². The monoisotopic (exact) mass is 265 g/mol. The second kappa shape index (κ2) is 5.07. The fraction of sp³-hybridized carbons (Fsp3) is 0.571. The average molecular weight is 265 g/mol. The summed E-state index contributed by atoms with van der Waals surface area (Å²) in [6.07, 6.45) is 3.38. The maximum atomic E-state index is 12.4. The minimum Gasteiger partial charge on any atom is -0.481 e. The normalized spacial score (nSPS) is 23.4. The van der Waals surface area contributed by atoms with Gasteiger partial charge in [-0.1, -0.05) is 6.92 Å². The summed E-state index contributed by atoms with van der Waals surface area (Å²) in [6.45, 7) is 4.49. The molecule has 1 saturated heterocycles. The van der Waals surface area contributed by atoms with Crippen LogP contribution in [0, 0.1) is 12.3 Å². The van der Waals surface area contributed by atoms with Crippen LogP contribution >= 0.6 is 0 Å². The number of amides is 1. The Morgan fingerprint density at radius 3 is 2.79 bits per heavy atom. The quantitative estimate of drug-likeness (QED) is 0.910. The van der Waals surface area contributed by atoms with Crippen molar-refractivity contribution in [1.82, 2.24) is 4.90 Å². The summed E-state index contributed by atoms with van der Waals surface area (Å²) in [7, 11) is 0. The second-order valence-electron chi connectivity index (χ2n) is 5.16. The molecule has 0 saturated carbocycles. The first-order valence-electron chi connectivity index (χ1n) is 6.57. The van der Waals surface area contributed by atoms with Gasteiger partial charge in [-0.25, -0.2) is 0 Å². The Labute approximate surface area is 112 Å². The minimum atomic E-state index is -0.809. The van der Waals surface area contributed by atoms with Crippen LogP contribution in [0.2, 0.25) is 0 Å². The van der Waals surface area contributed by atoms with Crippen molar-refractivity contribution >= 4 is 11.9 Å². The number of nitrogens with zero attached hydrogens (tertiary/aromatic N) is 1. The van der Waals surface area contributed by atoms with Gasteiger partial charge in [0.15, 0.2) is 0 Å². The van der Waals surface area contributed by atoms with Crippen molar-refractivity contribution in [3.8, 4) is 0 Å². The molecule has 0 aromatic carbocycles. The van der Waals surface area contributed by atoms with Crippen molar-refractivity contribution < 1.29 is 19.1 Å². The van der Waals surface area contributed by atoms with Gasteiger partial charge in [0.2, 0.25) is 0 Å². The van der Waals surface area contributed by atoms with E-state index < -0.39 is 11.4 Å². The topological polar surface area (TPSA) is 70.8 Å². The van der Waals surface area contributed by atoms with E-state index in [1.807, 2.05) is 6.92 Å². The first-order chi connectivity index (χ1) is 9.00. The summed E-state index contributed by atoms with van der Waals surface area (Å²) in [4.78, 5) is 25.5. The lowest BCUT2D eigenvalue weighted by Gasteiger charge is -2.39. The highest BCUT2D eigenvalue weighted by Gasteiger charge is 2.42. The van der Waals surface area contributed by atoms with Gasteiger partial charge in [-0.05, 0) is 32.3 Å². The number of piperidine rings is 1. The molecule has 0 aliphatic carbocycles. The predicted molar refractivity (Wildman–Crippen MR) is 68.9 cm³/mol. The standard InChI is InChI=1S/C14H19NO4/c1-3-14(13(17)18)6-4-7-15(9-14)12(16)11-5-8-19-10(11)2/h5,8H,3-4,6-7,9H2,1-2H3,(H,17,18). The Kier molecular flexibility index (Phi) is 3.64. The number of rotatable bonds is 3. The van der Waals surface area contributed by atoms with Gasteiger partial charge in [-0.3, -0.25) is 9.59 Å². The van der Waals surface area contributed by atoms with E-state index >= 15 is 0 Å². The molecule has 5 nitrogen and oxygen atoms in total. The third-order valence-corrected chi connectivity index (χ3v) is 4.08. The number of carbonyl (C=O) groups is 2. The van der Waals surface area contributed by atoms with Crippen LogP contribution in [-0.2, 0) is 4.79 Å². The zero-order valence-electron chi connectivity index (χ0n) is 11.3. The Morgan fingerprint density at radius 2 is 2.26 bits per heavy atom. The van der Waals surface area contributed by atoms with Gasteiger partial charge >= 0.3 is 5.97 Å². The van der Waals surface area contributed by atoms with Crippen molar-refractivity contribution in [2.45, 2.75) is 33.1 Å². The van der Waals surface area contributed by atoms with E-state index in [1.54, 1.807) is 17.9 Å². The fourth-order valence-corrected chi connectivity index (χ4v) is 2.70. The van der Waals surface area contributed by atoms with Crippen molar-refractivity contribution in [1.29, 1.82) is 0 Å². The molecule has 1 unspecified atom stereocenters. The van der Waals surface area contributed by atoms with Gasteiger partial charge in [0.05, 0.1) is 17.2 Å². The van der Waals surface area contributed by atoms with Crippen molar-refractivity contribution in [2.24, 2.45) is 5.41 Å². The maximum Gasteiger partial charge on any atom is 0.311 e. The zero-order chi connectivity index (χ0) is 14.0. The number of aliphatic carboxylic acids is 1. The third kappa shape index (κ3) is 2.37. The van der Waals surface area contributed by atoms with Gasteiger partial charge in [0.1, 0.15) is 5.76 Å². The molecule has 1 aliphatic rings. The third-order valence-electron chi connectivity index (χ3n) is 4.08. The predicted octanol–water partition coefficient (Wildman–Crippen LogP) is 2.31. The first kappa shape index (κ1) is 13.6. The molecule has 0 bridgehead atoms. The minimum absolute atomic E-state index is 0.134. The van der Waals surface area contributed by atoms with Crippen LogP contribution in [0.4, 0.5) is 0 Å². The average Bonchev–Trinajstić information content (AvgIpc) is 2.84. The molecule has 1 fully saturated rings. The molecule has 1 aliphatic heterocycles. The van der Waals surface area contributed by atoms with E-state index in [4.69, 9.17) is 4.42 Å². The molecule has 1 N–H and O–H groups in total. The highest BCUT2D eigenvalue weighted by molar-refractivity contribution is 5.95. The number of hydrogen-bond donors (Lipinski definition) is 1. The summed E-state index contributed by atoms with van der Waals surface area (Å²) in [5, 5.41) is 9.42. The molecule has 1 aromatic heterocycles. The summed E-state index contributed by atoms with van der Waals surface area (Å²) < 4.78 is 5.14. The largest absolute Gasteiger partial charge is 0.481 e. The van der Waals surface area contributed by atoms with E-state index in [9.17, 15) is 14.7 Å². The zero-order valence-corrected chi connectivity index (χ0v) is 11.3. The van der Waals surface area contributed by atoms with Crippen molar-refractivity contribution in [3.05, 3.63) is 23.7 Å². The molecule has 2 rings (SSSR count). The van der Waals surface area contributed by atoms with Gasteiger partial charge in [-0.15, -0.1) is 0 Å². The molecule has 1 aromatic rings. The van der Waals surface area contributed by atoms with Crippen LogP contribution in [0.5, 0.6) is 0 Å². The summed E-state index contributed by atoms with van der Waals surface area (Å²) in [5.74, 6) is -0.366. The Bertz CT molecular complexity index is 493. The molecule has 0 spiro atoms. The van der Waals surface area contributed by atoms with Crippen molar-refractivity contribution in [3.63, 3.8) is 0 Å². The Morgan fingerprint density at radius 1 is 1.53 bits per heavy atom. The lowest BCUT2D eigenvalue weighted by atomic mass is 9.77. The molecular weight excluding hydrogens is 246 g/mol. The Balaban J connectivity index is 2.20. The van der Waals surface area contributed by atoms with Gasteiger partial charge < -0.3 is 14.4 Å². The van der Waals surface area contributed by atoms with Crippen LogP contribution in [0.1, 0.15) is 42.3 Å². The fourth-order valence-electron chi connectivity index (χ4n) is 2.70. The van der Waals surface area contributed by atoms with E-state index in [2.05, 4.69) is 0 Å². The number of carboxylic acid groups (broad SMARTS) is 1. The van der Waals surface area contributed by atoms with E-state index in [0.29, 0.717) is 30.7 Å². The summed E-state index contributed by atoms with van der Waals surface area (Å²) in [5.41, 5.74) is -0.275. The molecule has 1 atom stereocenters. The van der Waals surface area contributed by atoms with E-state index in [1.165, 1.54) is 6.26 Å². The lowest BCUT2D eigenvalue weighted by Crippen LogP contribution is -2.49. The van der Waals surface area contributed by atoms with Crippen LogP contribution in [0.25, 0.3) is 0 Å². The first-order valence-corrected chi connectivity index (χ1v) is 6.57. The Hall–Kier alpha value is -1.78. The van der Waals surface area contributed by atoms with E-state index in [0.717, 1.165) is 6.42 Å². The van der Waals surface area contributed by atoms with Crippen LogP contribution in [-0.4, -0.2) is 35.0 Å². The van der Waals surface area contributed by atoms with Crippen molar-refractivity contribution in [2.75, 3.05) is 13.1 Å². The van der Waals surface area contributed by atoms with Crippen LogP contribution in [0.15, 0.2) is 16.7 Å². The molecule has 1 amide bonds. The SMILES string of the molecule is CCC1(C(=O)O)CCCN(C(=O)c2ccoc2C)C1. The van der Waals surface area contributed by atoms with Crippen LogP contribution in [0.3, 0.4) is 0 Å². The molecule has 104 valence electrons. The molecular formula is C14H19NO4. The van der Waals surface area contributed by atoms with Crippen LogP contribution < -0.4 is 0 Å². The maximum absolute atomic E-state index is 12.4. The summed E-state index contributed by atoms with van der Waals surface area (Å²) >= 11 is 0. The molecule has 0 radical (unpaired) electrons. The lowest BCUT2D eigenvalue weighted by molar-refractivity contribution is -0.152. The smallest absolute Gasteiger partial charge is 0.311 e. The molecule has 19 heavy (non-hydrogen) atoms. The van der Waals surface area contributed by atoms with E-state index in [-0.39, 0.29) is 12.5 Å². The number of carbonyl (C=O) groups excluding carboxylic acids is 1. The number of likely N-dealkylation sites (tertiary alicyclic amines) is 1. The molecule has 2 heterocycles. The summed E-state index contributed by atoms with van der Waals surface area (Å²) in [6, 6.07) is 1.64. The second-order valence-corrected chi connectivity index (χ2v) is 5.16. The number of aryl methyl sites for hydroxylation is 1. The highest BCUT2D eigenvalue weighted by atomic mass is 16.4. The van der Waals surface area contributed by atoms with Gasteiger partial charge in [0, 0.05) is 13.1 Å².